The summed E-state index contributed by atoms with van der Waals surface area (Å²) in [6.07, 6.45) is -0.222. The Morgan fingerprint density at radius 1 is 1.12 bits per heavy atom. The predicted molar refractivity (Wildman–Crippen MR) is 95.4 cm³/mol. The third kappa shape index (κ3) is 4.35. The summed E-state index contributed by atoms with van der Waals surface area (Å²) in [7, 11) is 1.53. The fraction of sp³-hybridized carbons (Fsp3) is 0.263. The van der Waals surface area contributed by atoms with E-state index in [2.05, 4.69) is 5.32 Å². The van der Waals surface area contributed by atoms with E-state index in [1.165, 1.54) is 7.11 Å². The number of anilines is 2. The normalized spacial score (nSPS) is 10.1. The van der Waals surface area contributed by atoms with Gasteiger partial charge in [-0.3, -0.25) is 9.59 Å². The predicted octanol–water partition coefficient (Wildman–Crippen LogP) is 3.39. The highest BCUT2D eigenvalue weighted by Crippen LogP contribution is 2.23. The summed E-state index contributed by atoms with van der Waals surface area (Å²) < 4.78 is 5.19. The second kappa shape index (κ2) is 8.15. The van der Waals surface area contributed by atoms with Gasteiger partial charge in [0.15, 0.2) is 0 Å². The quantitative estimate of drug-likeness (QED) is 0.828. The van der Waals surface area contributed by atoms with Gasteiger partial charge in [0.1, 0.15) is 12.2 Å². The molecule has 0 saturated carbocycles. The zero-order valence-corrected chi connectivity index (χ0v) is 14.2. The summed E-state index contributed by atoms with van der Waals surface area (Å²) >= 11 is 0. The van der Waals surface area contributed by atoms with Crippen LogP contribution in [-0.2, 0) is 9.59 Å². The monoisotopic (exact) mass is 326 g/mol. The van der Waals surface area contributed by atoms with Crippen LogP contribution < -0.4 is 15.0 Å². The Hall–Kier alpha value is -2.82. The maximum Gasteiger partial charge on any atom is 0.236 e. The third-order valence-corrected chi connectivity index (χ3v) is 3.62. The van der Waals surface area contributed by atoms with Gasteiger partial charge in [-0.25, -0.2) is 0 Å². The van der Waals surface area contributed by atoms with Gasteiger partial charge >= 0.3 is 0 Å². The molecule has 0 aliphatic rings. The first kappa shape index (κ1) is 17.5. The van der Waals surface area contributed by atoms with E-state index in [1.54, 1.807) is 23.1 Å². The van der Waals surface area contributed by atoms with Crippen molar-refractivity contribution >= 4 is 23.2 Å². The van der Waals surface area contributed by atoms with E-state index in [4.69, 9.17) is 4.74 Å². The topological polar surface area (TPSA) is 58.6 Å². The van der Waals surface area contributed by atoms with E-state index in [1.807, 2.05) is 44.2 Å². The molecule has 0 spiro atoms. The molecular formula is C19H22N2O3. The van der Waals surface area contributed by atoms with Gasteiger partial charge in [0, 0.05) is 12.2 Å². The van der Waals surface area contributed by atoms with Crippen LogP contribution in [0.2, 0.25) is 0 Å². The van der Waals surface area contributed by atoms with E-state index in [-0.39, 0.29) is 18.2 Å². The van der Waals surface area contributed by atoms with E-state index in [0.717, 1.165) is 11.3 Å². The highest BCUT2D eigenvalue weighted by atomic mass is 16.5. The Morgan fingerprint density at radius 3 is 2.54 bits per heavy atom. The van der Waals surface area contributed by atoms with Crippen molar-refractivity contribution in [1.29, 1.82) is 0 Å². The fourth-order valence-corrected chi connectivity index (χ4v) is 2.47. The van der Waals surface area contributed by atoms with Crippen molar-refractivity contribution in [2.75, 3.05) is 23.9 Å². The number of aryl methyl sites for hydroxylation is 1. The van der Waals surface area contributed by atoms with E-state index in [9.17, 15) is 9.59 Å². The van der Waals surface area contributed by atoms with Gasteiger partial charge in [-0.1, -0.05) is 24.3 Å². The molecule has 5 heteroatoms. The Kier molecular flexibility index (Phi) is 5.95. The van der Waals surface area contributed by atoms with Crippen LogP contribution in [0, 0.1) is 6.92 Å². The lowest BCUT2D eigenvalue weighted by molar-refractivity contribution is -0.125. The number of methoxy groups -OCH3 is 1. The van der Waals surface area contributed by atoms with Crippen LogP contribution in [0.1, 0.15) is 18.9 Å². The summed E-state index contributed by atoms with van der Waals surface area (Å²) in [6, 6.07) is 14.8. The van der Waals surface area contributed by atoms with Crippen LogP contribution in [0.4, 0.5) is 11.4 Å². The summed E-state index contributed by atoms with van der Waals surface area (Å²) in [6.45, 7) is 4.36. The summed E-state index contributed by atoms with van der Waals surface area (Å²) in [4.78, 5) is 26.3. The molecule has 0 bridgehead atoms. The summed E-state index contributed by atoms with van der Waals surface area (Å²) in [5.41, 5.74) is 2.42. The molecule has 1 N–H and O–H groups in total. The number of hydrogen-bond donors (Lipinski definition) is 1. The van der Waals surface area contributed by atoms with Gasteiger partial charge in [-0.2, -0.15) is 0 Å². The molecule has 0 atom stereocenters. The average Bonchev–Trinajstić information content (AvgIpc) is 2.56. The highest BCUT2D eigenvalue weighted by molar-refractivity contribution is 6.09. The van der Waals surface area contributed by atoms with Crippen LogP contribution in [-0.4, -0.2) is 25.5 Å². The first-order chi connectivity index (χ1) is 11.5. The number of benzene rings is 2. The van der Waals surface area contributed by atoms with E-state index >= 15 is 0 Å². The zero-order valence-electron chi connectivity index (χ0n) is 14.2. The molecule has 0 aromatic heterocycles. The van der Waals surface area contributed by atoms with Crippen LogP contribution in [0.5, 0.6) is 5.75 Å². The molecular weight excluding hydrogens is 304 g/mol. The maximum absolute atomic E-state index is 12.5. The van der Waals surface area contributed by atoms with Gasteiger partial charge in [0.25, 0.3) is 0 Å². The number of para-hydroxylation sites is 2. The Morgan fingerprint density at radius 2 is 1.88 bits per heavy atom. The van der Waals surface area contributed by atoms with Crippen LogP contribution in [0.3, 0.4) is 0 Å². The summed E-state index contributed by atoms with van der Waals surface area (Å²) in [5.74, 6) is -0.0459. The lowest BCUT2D eigenvalue weighted by Gasteiger charge is -2.21. The SMILES string of the molecule is CCN(C(=O)CC(=O)Nc1ccccc1OC)c1cccc(C)c1. The molecule has 0 aliphatic carbocycles. The number of ether oxygens (including phenoxy) is 1. The molecule has 2 rings (SSSR count). The van der Waals surface area contributed by atoms with Gasteiger partial charge in [-0.15, -0.1) is 0 Å². The molecule has 0 saturated heterocycles. The molecule has 0 unspecified atom stereocenters. The highest BCUT2D eigenvalue weighted by Gasteiger charge is 2.18. The number of hydrogen-bond acceptors (Lipinski definition) is 3. The van der Waals surface area contributed by atoms with Crippen molar-refractivity contribution in [3.05, 3.63) is 54.1 Å². The standard InChI is InChI=1S/C19H22N2O3/c1-4-21(15-9-7-8-14(2)12-15)19(23)13-18(22)20-16-10-5-6-11-17(16)24-3/h5-12H,4,13H2,1-3H3,(H,20,22). The van der Waals surface area contributed by atoms with Gasteiger partial charge < -0.3 is 15.0 Å². The second-order valence-electron chi connectivity index (χ2n) is 5.40. The largest absolute Gasteiger partial charge is 0.495 e. The fourth-order valence-electron chi connectivity index (χ4n) is 2.47. The Labute approximate surface area is 142 Å². The number of carbonyl (C=O) groups excluding carboxylic acids is 2. The van der Waals surface area contributed by atoms with Crippen molar-refractivity contribution < 1.29 is 14.3 Å². The Balaban J connectivity index is 2.06. The number of carbonyl (C=O) groups is 2. The smallest absolute Gasteiger partial charge is 0.236 e. The maximum atomic E-state index is 12.5. The van der Waals surface area contributed by atoms with Gasteiger partial charge in [0.2, 0.25) is 11.8 Å². The van der Waals surface area contributed by atoms with Crippen molar-refractivity contribution in [3.63, 3.8) is 0 Å². The van der Waals surface area contributed by atoms with E-state index in [0.29, 0.717) is 18.0 Å². The molecule has 0 heterocycles. The van der Waals surface area contributed by atoms with Crippen LogP contribution in [0.15, 0.2) is 48.5 Å². The summed E-state index contributed by atoms with van der Waals surface area (Å²) in [5, 5.41) is 2.72. The lowest BCUT2D eigenvalue weighted by Crippen LogP contribution is -2.33. The van der Waals surface area contributed by atoms with Crippen molar-refractivity contribution in [2.45, 2.75) is 20.3 Å². The van der Waals surface area contributed by atoms with Crippen molar-refractivity contribution in [3.8, 4) is 5.75 Å². The number of rotatable bonds is 6. The van der Waals surface area contributed by atoms with Gasteiger partial charge in [0.05, 0.1) is 12.8 Å². The third-order valence-electron chi connectivity index (χ3n) is 3.62. The van der Waals surface area contributed by atoms with Gasteiger partial charge in [-0.05, 0) is 43.7 Å². The number of nitrogens with one attached hydrogen (secondary N) is 1. The minimum absolute atomic E-state index is 0.222. The Bertz CT molecular complexity index is 728. The van der Waals surface area contributed by atoms with Crippen molar-refractivity contribution in [2.24, 2.45) is 0 Å². The first-order valence-corrected chi connectivity index (χ1v) is 7.85. The number of amides is 2. The lowest BCUT2D eigenvalue weighted by atomic mass is 10.2. The molecule has 126 valence electrons. The molecule has 0 aliphatic heterocycles. The second-order valence-corrected chi connectivity index (χ2v) is 5.40. The van der Waals surface area contributed by atoms with E-state index < -0.39 is 0 Å². The molecule has 2 amide bonds. The van der Waals surface area contributed by atoms with Crippen LogP contribution >= 0.6 is 0 Å². The van der Waals surface area contributed by atoms with Crippen molar-refractivity contribution in [1.82, 2.24) is 0 Å². The molecule has 24 heavy (non-hydrogen) atoms. The minimum atomic E-state index is -0.365. The molecule has 2 aromatic rings. The zero-order chi connectivity index (χ0) is 17.5. The number of nitrogens with zero attached hydrogens (tertiary/aromatic N) is 1. The molecule has 2 aromatic carbocycles. The molecule has 0 radical (unpaired) electrons. The first-order valence-electron chi connectivity index (χ1n) is 7.85. The molecule has 5 nitrogen and oxygen atoms in total. The van der Waals surface area contributed by atoms with Crippen LogP contribution in [0.25, 0.3) is 0 Å². The average molecular weight is 326 g/mol. The molecule has 0 fully saturated rings. The minimum Gasteiger partial charge on any atom is -0.495 e.